The Morgan fingerprint density at radius 1 is 1.47 bits per heavy atom. The quantitative estimate of drug-likeness (QED) is 0.888. The molecule has 1 aliphatic rings. The van der Waals surface area contributed by atoms with Crippen LogP contribution < -0.4 is 4.74 Å². The van der Waals surface area contributed by atoms with Crippen LogP contribution in [0.3, 0.4) is 0 Å². The number of methoxy groups -OCH3 is 1. The van der Waals surface area contributed by atoms with Gasteiger partial charge in [0.2, 0.25) is 0 Å². The summed E-state index contributed by atoms with van der Waals surface area (Å²) in [6.07, 6.45) is 2.40. The summed E-state index contributed by atoms with van der Waals surface area (Å²) in [6.45, 7) is 4.78. The van der Waals surface area contributed by atoms with Gasteiger partial charge in [0.15, 0.2) is 0 Å². The number of phenolic OH excluding ortho intramolecular Hbond substituents is 1. The van der Waals surface area contributed by atoms with Crippen molar-refractivity contribution < 1.29 is 14.6 Å². The van der Waals surface area contributed by atoms with E-state index in [9.17, 15) is 9.90 Å². The summed E-state index contributed by atoms with van der Waals surface area (Å²) < 4.78 is 5.03. The first-order chi connectivity index (χ1) is 9.02. The van der Waals surface area contributed by atoms with Gasteiger partial charge in [0, 0.05) is 18.7 Å². The molecule has 1 N–H and O–H groups in total. The molecule has 0 unspecified atom stereocenters. The lowest BCUT2D eigenvalue weighted by Crippen LogP contribution is -2.38. The summed E-state index contributed by atoms with van der Waals surface area (Å²) >= 11 is 0. The van der Waals surface area contributed by atoms with Gasteiger partial charge in [0.25, 0.3) is 5.91 Å². The second-order valence-electron chi connectivity index (χ2n) is 5.38. The third-order valence-corrected chi connectivity index (χ3v) is 3.47. The zero-order valence-corrected chi connectivity index (χ0v) is 11.7. The Morgan fingerprint density at radius 3 is 2.63 bits per heavy atom. The third-order valence-electron chi connectivity index (χ3n) is 3.47. The van der Waals surface area contributed by atoms with Crippen LogP contribution in [0.15, 0.2) is 18.2 Å². The van der Waals surface area contributed by atoms with Crippen LogP contribution in [0.1, 0.15) is 37.0 Å². The molecule has 1 amide bonds. The van der Waals surface area contributed by atoms with Crippen molar-refractivity contribution >= 4 is 5.91 Å². The van der Waals surface area contributed by atoms with Crippen molar-refractivity contribution in [2.75, 3.05) is 13.7 Å². The number of hydrogen-bond donors (Lipinski definition) is 1. The second kappa shape index (κ2) is 5.51. The summed E-state index contributed by atoms with van der Waals surface area (Å²) in [4.78, 5) is 14.3. The molecule has 4 nitrogen and oxygen atoms in total. The normalized spacial score (nSPS) is 14.5. The second-order valence-corrected chi connectivity index (χ2v) is 5.38. The highest BCUT2D eigenvalue weighted by Crippen LogP contribution is 2.32. The fourth-order valence-corrected chi connectivity index (χ4v) is 2.08. The molecule has 0 bridgehead atoms. The average Bonchev–Trinajstić information content (AvgIpc) is 3.18. The number of phenols is 1. The van der Waals surface area contributed by atoms with Crippen molar-refractivity contribution in [2.45, 2.75) is 32.7 Å². The standard InChI is InChI=1S/C15H21NO3/c1-10(2)16(9-11-4-5-11)15(18)13-7-6-12(19-3)8-14(13)17/h6-8,10-11,17H,4-5,9H2,1-3H3. The number of hydrogen-bond acceptors (Lipinski definition) is 3. The number of amides is 1. The first-order valence-electron chi connectivity index (χ1n) is 6.71. The van der Waals surface area contributed by atoms with Crippen molar-refractivity contribution in [3.8, 4) is 11.5 Å². The summed E-state index contributed by atoms with van der Waals surface area (Å²) in [6, 6.07) is 4.93. The Labute approximate surface area is 114 Å². The van der Waals surface area contributed by atoms with E-state index >= 15 is 0 Å². The first-order valence-corrected chi connectivity index (χ1v) is 6.71. The van der Waals surface area contributed by atoms with E-state index in [-0.39, 0.29) is 17.7 Å². The van der Waals surface area contributed by atoms with Gasteiger partial charge in [0.05, 0.1) is 12.7 Å². The number of carbonyl (C=O) groups excluding carboxylic acids is 1. The van der Waals surface area contributed by atoms with E-state index in [4.69, 9.17) is 4.74 Å². The molecular formula is C15H21NO3. The predicted octanol–water partition coefficient (Wildman–Crippen LogP) is 2.66. The van der Waals surface area contributed by atoms with Crippen LogP contribution in [0.4, 0.5) is 0 Å². The van der Waals surface area contributed by atoms with E-state index in [0.29, 0.717) is 17.2 Å². The van der Waals surface area contributed by atoms with Gasteiger partial charge in [0.1, 0.15) is 11.5 Å². The number of carbonyl (C=O) groups is 1. The van der Waals surface area contributed by atoms with Crippen LogP contribution in [-0.4, -0.2) is 35.6 Å². The van der Waals surface area contributed by atoms with E-state index in [1.54, 1.807) is 12.1 Å². The van der Waals surface area contributed by atoms with Crippen molar-refractivity contribution in [3.05, 3.63) is 23.8 Å². The van der Waals surface area contributed by atoms with Gasteiger partial charge in [-0.15, -0.1) is 0 Å². The van der Waals surface area contributed by atoms with E-state index in [1.165, 1.54) is 26.0 Å². The monoisotopic (exact) mass is 263 g/mol. The molecule has 2 rings (SSSR count). The Morgan fingerprint density at radius 2 is 2.16 bits per heavy atom. The molecule has 0 radical (unpaired) electrons. The highest BCUT2D eigenvalue weighted by atomic mass is 16.5. The minimum absolute atomic E-state index is 0.0224. The van der Waals surface area contributed by atoms with Crippen LogP contribution in [0.25, 0.3) is 0 Å². The largest absolute Gasteiger partial charge is 0.507 e. The van der Waals surface area contributed by atoms with E-state index < -0.39 is 0 Å². The Kier molecular flexibility index (Phi) is 3.98. The van der Waals surface area contributed by atoms with Crippen LogP contribution >= 0.6 is 0 Å². The summed E-state index contributed by atoms with van der Waals surface area (Å²) in [7, 11) is 1.53. The third kappa shape index (κ3) is 3.19. The lowest BCUT2D eigenvalue weighted by molar-refractivity contribution is 0.0693. The molecule has 4 heteroatoms. The number of benzene rings is 1. The van der Waals surface area contributed by atoms with E-state index in [0.717, 1.165) is 6.54 Å². The van der Waals surface area contributed by atoms with Crippen molar-refractivity contribution in [1.29, 1.82) is 0 Å². The minimum Gasteiger partial charge on any atom is -0.507 e. The molecule has 0 saturated heterocycles. The fraction of sp³-hybridized carbons (Fsp3) is 0.533. The molecule has 0 heterocycles. The SMILES string of the molecule is COc1ccc(C(=O)N(CC2CC2)C(C)C)c(O)c1. The summed E-state index contributed by atoms with van der Waals surface area (Å²) in [5.41, 5.74) is 0.343. The van der Waals surface area contributed by atoms with Crippen LogP contribution in [0, 0.1) is 5.92 Å². The average molecular weight is 263 g/mol. The van der Waals surface area contributed by atoms with E-state index in [2.05, 4.69) is 0 Å². The number of rotatable bonds is 5. The molecule has 1 fully saturated rings. The van der Waals surface area contributed by atoms with Crippen molar-refractivity contribution in [3.63, 3.8) is 0 Å². The molecule has 1 saturated carbocycles. The lowest BCUT2D eigenvalue weighted by Gasteiger charge is -2.27. The van der Waals surface area contributed by atoms with Crippen molar-refractivity contribution in [2.24, 2.45) is 5.92 Å². The summed E-state index contributed by atoms with van der Waals surface area (Å²) in [5, 5.41) is 9.95. The van der Waals surface area contributed by atoms with Gasteiger partial charge < -0.3 is 14.7 Å². The summed E-state index contributed by atoms with van der Waals surface area (Å²) in [5.74, 6) is 1.05. The highest BCUT2D eigenvalue weighted by Gasteiger charge is 2.29. The molecule has 1 aliphatic carbocycles. The maximum atomic E-state index is 12.5. The van der Waals surface area contributed by atoms with Gasteiger partial charge in [-0.2, -0.15) is 0 Å². The molecular weight excluding hydrogens is 242 g/mol. The fourth-order valence-electron chi connectivity index (χ4n) is 2.08. The van der Waals surface area contributed by atoms with E-state index in [1.807, 2.05) is 18.7 Å². The Hall–Kier alpha value is -1.71. The maximum Gasteiger partial charge on any atom is 0.257 e. The first kappa shape index (κ1) is 13.7. The predicted molar refractivity (Wildman–Crippen MR) is 73.6 cm³/mol. The van der Waals surface area contributed by atoms with Crippen molar-refractivity contribution in [1.82, 2.24) is 4.90 Å². The number of ether oxygens (including phenoxy) is 1. The van der Waals surface area contributed by atoms with Gasteiger partial charge in [-0.25, -0.2) is 0 Å². The molecule has 0 atom stereocenters. The zero-order valence-electron chi connectivity index (χ0n) is 11.7. The smallest absolute Gasteiger partial charge is 0.257 e. The molecule has 0 aliphatic heterocycles. The molecule has 104 valence electrons. The molecule has 1 aromatic carbocycles. The molecule has 0 spiro atoms. The van der Waals surface area contributed by atoms with Crippen LogP contribution in [0.2, 0.25) is 0 Å². The molecule has 0 aromatic heterocycles. The zero-order chi connectivity index (χ0) is 14.0. The van der Waals surface area contributed by atoms with Gasteiger partial charge in [-0.1, -0.05) is 0 Å². The van der Waals surface area contributed by atoms with Gasteiger partial charge in [-0.3, -0.25) is 4.79 Å². The highest BCUT2D eigenvalue weighted by molar-refractivity contribution is 5.97. The Bertz CT molecular complexity index is 466. The van der Waals surface area contributed by atoms with Gasteiger partial charge >= 0.3 is 0 Å². The minimum atomic E-state index is -0.109. The maximum absolute atomic E-state index is 12.5. The van der Waals surface area contributed by atoms with Crippen LogP contribution in [0.5, 0.6) is 11.5 Å². The number of aromatic hydroxyl groups is 1. The lowest BCUT2D eigenvalue weighted by atomic mass is 10.1. The number of nitrogens with zero attached hydrogens (tertiary/aromatic N) is 1. The molecule has 19 heavy (non-hydrogen) atoms. The van der Waals surface area contributed by atoms with Crippen LogP contribution in [-0.2, 0) is 0 Å². The van der Waals surface area contributed by atoms with Gasteiger partial charge in [-0.05, 0) is 44.7 Å². The topological polar surface area (TPSA) is 49.8 Å². The molecule has 1 aromatic rings. The Balaban J connectivity index is 2.20.